The molecule has 1 aliphatic heterocycles. The van der Waals surface area contributed by atoms with Gasteiger partial charge in [0.25, 0.3) is 0 Å². The molecular weight excluding hydrogens is 228 g/mol. The lowest BCUT2D eigenvalue weighted by molar-refractivity contribution is -0.525. The number of hydrogen-bond donors (Lipinski definition) is 0. The third-order valence-corrected chi connectivity index (χ3v) is 4.13. The topological polar surface area (TPSA) is 46.4 Å². The monoisotopic (exact) mass is 246 g/mol. The highest BCUT2D eigenvalue weighted by Crippen LogP contribution is 2.41. The predicted molar refractivity (Wildman–Crippen MR) is 68.8 cm³/mol. The summed E-state index contributed by atoms with van der Waals surface area (Å²) >= 11 is 0. The average Bonchev–Trinajstić information content (AvgIpc) is 3.12. The van der Waals surface area contributed by atoms with Crippen LogP contribution in [0.4, 0.5) is 0 Å². The quantitative estimate of drug-likeness (QED) is 0.605. The van der Waals surface area contributed by atoms with Crippen LogP contribution in [0, 0.1) is 16.0 Å². The molecule has 0 aromatic heterocycles. The van der Waals surface area contributed by atoms with E-state index >= 15 is 0 Å². The van der Waals surface area contributed by atoms with Crippen molar-refractivity contribution < 1.29 is 4.92 Å². The Hall–Kier alpha value is -1.42. The van der Waals surface area contributed by atoms with Crippen molar-refractivity contribution in [3.8, 4) is 0 Å². The summed E-state index contributed by atoms with van der Waals surface area (Å²) < 4.78 is 0. The van der Waals surface area contributed by atoms with E-state index < -0.39 is 0 Å². The molecule has 1 aromatic carbocycles. The highest BCUT2D eigenvalue weighted by Gasteiger charge is 2.49. The van der Waals surface area contributed by atoms with Gasteiger partial charge in [-0.2, -0.15) is 0 Å². The fourth-order valence-corrected chi connectivity index (χ4v) is 3.14. The average molecular weight is 246 g/mol. The molecular formula is C14H18N2O2. The van der Waals surface area contributed by atoms with Gasteiger partial charge in [0.15, 0.2) is 0 Å². The van der Waals surface area contributed by atoms with E-state index in [0.29, 0.717) is 12.3 Å². The fraction of sp³-hybridized carbons (Fsp3) is 0.571. The van der Waals surface area contributed by atoms with Gasteiger partial charge in [-0.3, -0.25) is 15.0 Å². The predicted octanol–water partition coefficient (Wildman–Crippen LogP) is 2.32. The van der Waals surface area contributed by atoms with Gasteiger partial charge in [-0.25, -0.2) is 0 Å². The molecule has 2 fully saturated rings. The molecule has 0 amide bonds. The molecule has 0 radical (unpaired) electrons. The largest absolute Gasteiger partial charge is 0.289 e. The normalized spacial score (nSPS) is 28.4. The van der Waals surface area contributed by atoms with Crippen molar-refractivity contribution in [2.24, 2.45) is 5.92 Å². The summed E-state index contributed by atoms with van der Waals surface area (Å²) in [6.45, 7) is 1.72. The van der Waals surface area contributed by atoms with E-state index in [1.807, 2.05) is 18.2 Å². The second kappa shape index (κ2) is 4.69. The molecule has 1 aromatic rings. The standard InChI is InChI=1S/C14H18N2O2/c17-16(18)13-8-9-15(14(13)12-6-7-12)10-11-4-2-1-3-5-11/h1-5,12-14H,6-10H2. The number of benzene rings is 1. The highest BCUT2D eigenvalue weighted by molar-refractivity contribution is 5.15. The van der Waals surface area contributed by atoms with E-state index in [1.54, 1.807) is 0 Å². The summed E-state index contributed by atoms with van der Waals surface area (Å²) in [5.74, 6) is 0.562. The lowest BCUT2D eigenvalue weighted by Gasteiger charge is -2.24. The van der Waals surface area contributed by atoms with Gasteiger partial charge in [0.2, 0.25) is 6.04 Å². The van der Waals surface area contributed by atoms with E-state index in [0.717, 1.165) is 13.1 Å². The van der Waals surface area contributed by atoms with Crippen LogP contribution in [0.25, 0.3) is 0 Å². The van der Waals surface area contributed by atoms with Gasteiger partial charge in [-0.05, 0) is 24.3 Å². The zero-order chi connectivity index (χ0) is 12.5. The number of rotatable bonds is 4. The van der Waals surface area contributed by atoms with Crippen molar-refractivity contribution in [3.05, 3.63) is 46.0 Å². The number of nitrogens with zero attached hydrogens (tertiary/aromatic N) is 2. The van der Waals surface area contributed by atoms with Crippen LogP contribution in [0.1, 0.15) is 24.8 Å². The van der Waals surface area contributed by atoms with Gasteiger partial charge in [0.1, 0.15) is 0 Å². The lowest BCUT2D eigenvalue weighted by Crippen LogP contribution is -2.40. The van der Waals surface area contributed by atoms with Gasteiger partial charge in [0, 0.05) is 24.4 Å². The summed E-state index contributed by atoms with van der Waals surface area (Å²) in [5, 5.41) is 11.1. The first kappa shape index (κ1) is 11.7. The van der Waals surface area contributed by atoms with Crippen LogP contribution in [0.3, 0.4) is 0 Å². The molecule has 96 valence electrons. The van der Waals surface area contributed by atoms with Crippen LogP contribution < -0.4 is 0 Å². The second-order valence-electron chi connectivity index (χ2n) is 5.43. The van der Waals surface area contributed by atoms with Crippen molar-refractivity contribution in [3.63, 3.8) is 0 Å². The van der Waals surface area contributed by atoms with E-state index in [9.17, 15) is 10.1 Å². The molecule has 2 unspecified atom stereocenters. The van der Waals surface area contributed by atoms with Crippen molar-refractivity contribution >= 4 is 0 Å². The zero-order valence-electron chi connectivity index (χ0n) is 10.4. The Balaban J connectivity index is 1.74. The Bertz CT molecular complexity index is 431. The Morgan fingerprint density at radius 2 is 1.94 bits per heavy atom. The van der Waals surface area contributed by atoms with E-state index in [-0.39, 0.29) is 17.0 Å². The Morgan fingerprint density at radius 1 is 1.22 bits per heavy atom. The first-order valence-corrected chi connectivity index (χ1v) is 6.67. The number of hydrogen-bond acceptors (Lipinski definition) is 3. The Labute approximate surface area is 107 Å². The minimum atomic E-state index is -0.346. The van der Waals surface area contributed by atoms with E-state index in [2.05, 4.69) is 17.0 Å². The van der Waals surface area contributed by atoms with Crippen LogP contribution in [0.2, 0.25) is 0 Å². The summed E-state index contributed by atoms with van der Waals surface area (Å²) in [5.41, 5.74) is 1.26. The van der Waals surface area contributed by atoms with E-state index in [4.69, 9.17) is 0 Å². The van der Waals surface area contributed by atoms with E-state index in [1.165, 1.54) is 18.4 Å². The molecule has 1 aliphatic carbocycles. The first-order valence-electron chi connectivity index (χ1n) is 6.67. The molecule has 3 rings (SSSR count). The summed E-state index contributed by atoms with van der Waals surface area (Å²) in [6.07, 6.45) is 3.04. The van der Waals surface area contributed by atoms with Crippen LogP contribution in [0.5, 0.6) is 0 Å². The zero-order valence-corrected chi connectivity index (χ0v) is 10.4. The number of nitro groups is 1. The molecule has 4 heteroatoms. The van der Waals surface area contributed by atoms with Gasteiger partial charge < -0.3 is 0 Å². The molecule has 0 spiro atoms. The summed E-state index contributed by atoms with van der Waals surface area (Å²) in [4.78, 5) is 13.4. The van der Waals surface area contributed by atoms with Gasteiger partial charge in [0.05, 0.1) is 6.04 Å². The van der Waals surface area contributed by atoms with Crippen molar-refractivity contribution in [2.75, 3.05) is 6.54 Å². The maximum absolute atomic E-state index is 11.1. The summed E-state index contributed by atoms with van der Waals surface area (Å²) in [7, 11) is 0. The van der Waals surface area contributed by atoms with Crippen molar-refractivity contribution in [1.29, 1.82) is 0 Å². The van der Waals surface area contributed by atoms with Crippen LogP contribution >= 0.6 is 0 Å². The molecule has 2 atom stereocenters. The number of likely N-dealkylation sites (tertiary alicyclic amines) is 1. The summed E-state index contributed by atoms with van der Waals surface area (Å²) in [6, 6.07) is 10.1. The van der Waals surface area contributed by atoms with Gasteiger partial charge in [-0.15, -0.1) is 0 Å². The van der Waals surface area contributed by atoms with Crippen molar-refractivity contribution in [1.82, 2.24) is 4.90 Å². The van der Waals surface area contributed by atoms with Gasteiger partial charge >= 0.3 is 0 Å². The minimum absolute atomic E-state index is 0.0615. The van der Waals surface area contributed by atoms with Crippen LogP contribution in [-0.4, -0.2) is 28.5 Å². The third-order valence-electron chi connectivity index (χ3n) is 4.13. The lowest BCUT2D eigenvalue weighted by atomic mass is 10.0. The molecule has 0 bridgehead atoms. The SMILES string of the molecule is O=[N+]([O-])C1CCN(Cc2ccccc2)C1C1CC1. The second-order valence-corrected chi connectivity index (χ2v) is 5.43. The molecule has 2 aliphatic rings. The smallest absolute Gasteiger partial charge is 0.229 e. The van der Waals surface area contributed by atoms with Gasteiger partial charge in [-0.1, -0.05) is 30.3 Å². The van der Waals surface area contributed by atoms with Crippen LogP contribution in [-0.2, 0) is 6.54 Å². The molecule has 18 heavy (non-hydrogen) atoms. The Morgan fingerprint density at radius 3 is 2.56 bits per heavy atom. The first-order chi connectivity index (χ1) is 8.75. The molecule has 1 heterocycles. The molecule has 4 nitrogen and oxygen atoms in total. The fourth-order valence-electron chi connectivity index (χ4n) is 3.14. The van der Waals surface area contributed by atoms with Crippen molar-refractivity contribution in [2.45, 2.75) is 37.9 Å². The minimum Gasteiger partial charge on any atom is -0.289 e. The third kappa shape index (κ3) is 2.25. The van der Waals surface area contributed by atoms with Crippen LogP contribution in [0.15, 0.2) is 30.3 Å². The maximum atomic E-state index is 11.1. The molecule has 0 N–H and O–H groups in total. The molecule has 1 saturated carbocycles. The molecule has 1 saturated heterocycles. The maximum Gasteiger partial charge on any atom is 0.229 e. The highest BCUT2D eigenvalue weighted by atomic mass is 16.6. The Kier molecular flexibility index (Phi) is 3.04.